The second-order valence-electron chi connectivity index (χ2n) is 9.18. The van der Waals surface area contributed by atoms with Gasteiger partial charge in [0.25, 0.3) is 0 Å². The van der Waals surface area contributed by atoms with E-state index in [9.17, 15) is 26.4 Å². The fourth-order valence-corrected chi connectivity index (χ4v) is 6.70. The number of amides is 1. The van der Waals surface area contributed by atoms with Crippen molar-refractivity contribution >= 4 is 26.8 Å². The normalized spacial score (nSPS) is 15.1. The minimum absolute atomic E-state index is 0.134. The first-order valence-corrected chi connectivity index (χ1v) is 13.5. The molecule has 1 saturated heterocycles. The van der Waals surface area contributed by atoms with Gasteiger partial charge in [0.1, 0.15) is 0 Å². The fourth-order valence-electron chi connectivity index (χ4n) is 4.93. The summed E-state index contributed by atoms with van der Waals surface area (Å²) >= 11 is 0. The van der Waals surface area contributed by atoms with Crippen LogP contribution in [0.1, 0.15) is 18.4 Å². The van der Waals surface area contributed by atoms with Crippen LogP contribution in [-0.2, 0) is 16.0 Å². The second kappa shape index (κ2) is 9.75. The Morgan fingerprint density at radius 3 is 2.21 bits per heavy atom. The molecule has 6 nitrogen and oxygen atoms in total. The number of rotatable bonds is 4. The molecule has 1 aliphatic rings. The lowest BCUT2D eigenvalue weighted by Crippen LogP contribution is -2.41. The summed E-state index contributed by atoms with van der Waals surface area (Å²) in [6.07, 6.45) is -3.79. The summed E-state index contributed by atoms with van der Waals surface area (Å²) in [6, 6.07) is 19.3. The Balaban J connectivity index is 1.50. The zero-order valence-electron chi connectivity index (χ0n) is 20.0. The Labute approximate surface area is 217 Å². The third kappa shape index (κ3) is 4.83. The number of alkyl halides is 3. The maximum atomic E-state index is 13.5. The van der Waals surface area contributed by atoms with Crippen molar-refractivity contribution < 1.29 is 31.5 Å². The SMILES string of the molecule is O=C(O)N1CCC(S(=O)(=O)c2cccc(-c3cccc(-c4ccnc5c(C(F)(F)F)cccc45)c3)c2)CC1. The summed E-state index contributed by atoms with van der Waals surface area (Å²) in [5.74, 6) is 0. The van der Waals surface area contributed by atoms with E-state index in [1.54, 1.807) is 42.5 Å². The Morgan fingerprint density at radius 2 is 1.53 bits per heavy atom. The van der Waals surface area contributed by atoms with Crippen LogP contribution in [0.4, 0.5) is 18.0 Å². The maximum Gasteiger partial charge on any atom is 0.418 e. The van der Waals surface area contributed by atoms with Crippen LogP contribution in [0.2, 0.25) is 0 Å². The summed E-state index contributed by atoms with van der Waals surface area (Å²) in [7, 11) is -3.69. The van der Waals surface area contributed by atoms with Gasteiger partial charge in [0.2, 0.25) is 0 Å². The minimum Gasteiger partial charge on any atom is -0.465 e. The van der Waals surface area contributed by atoms with Crippen molar-refractivity contribution in [2.45, 2.75) is 29.2 Å². The van der Waals surface area contributed by atoms with E-state index in [4.69, 9.17) is 5.11 Å². The van der Waals surface area contributed by atoms with Crippen molar-refractivity contribution in [3.05, 3.63) is 84.6 Å². The van der Waals surface area contributed by atoms with E-state index in [1.165, 1.54) is 23.2 Å². The van der Waals surface area contributed by atoms with Crippen molar-refractivity contribution in [1.82, 2.24) is 9.88 Å². The van der Waals surface area contributed by atoms with Crippen molar-refractivity contribution in [2.24, 2.45) is 0 Å². The molecule has 4 aromatic rings. The molecule has 2 heterocycles. The zero-order valence-corrected chi connectivity index (χ0v) is 20.8. The van der Waals surface area contributed by atoms with Crippen molar-refractivity contribution in [2.75, 3.05) is 13.1 Å². The highest BCUT2D eigenvalue weighted by molar-refractivity contribution is 7.92. The average Bonchev–Trinajstić information content (AvgIpc) is 2.92. The highest BCUT2D eigenvalue weighted by Crippen LogP contribution is 2.38. The lowest BCUT2D eigenvalue weighted by atomic mass is 9.96. The number of fused-ring (bicyclic) bond motifs is 1. The quantitative estimate of drug-likeness (QED) is 0.319. The van der Waals surface area contributed by atoms with Gasteiger partial charge in [0.15, 0.2) is 9.84 Å². The predicted octanol–water partition coefficient (Wildman–Crippen LogP) is 6.50. The molecule has 1 N–H and O–H groups in total. The third-order valence-electron chi connectivity index (χ3n) is 6.90. The number of likely N-dealkylation sites (tertiary alicyclic amines) is 1. The Bertz CT molecular complexity index is 1630. The zero-order chi connectivity index (χ0) is 27.1. The van der Waals surface area contributed by atoms with Gasteiger partial charge >= 0.3 is 12.3 Å². The van der Waals surface area contributed by atoms with Crippen LogP contribution in [-0.4, -0.2) is 47.8 Å². The molecule has 0 radical (unpaired) electrons. The number of nitrogens with zero attached hydrogens (tertiary/aromatic N) is 2. The number of para-hydroxylation sites is 1. The van der Waals surface area contributed by atoms with Crippen molar-refractivity contribution in [3.63, 3.8) is 0 Å². The maximum absolute atomic E-state index is 13.5. The summed E-state index contributed by atoms with van der Waals surface area (Å²) in [4.78, 5) is 16.5. The first-order valence-electron chi connectivity index (χ1n) is 11.9. The number of aromatic nitrogens is 1. The van der Waals surface area contributed by atoms with Gasteiger partial charge in [-0.1, -0.05) is 42.5 Å². The number of piperidine rings is 1. The molecule has 10 heteroatoms. The molecule has 38 heavy (non-hydrogen) atoms. The lowest BCUT2D eigenvalue weighted by Gasteiger charge is -2.29. The molecule has 0 atom stereocenters. The number of carboxylic acid groups (broad SMARTS) is 1. The number of hydrogen-bond donors (Lipinski definition) is 1. The third-order valence-corrected chi connectivity index (χ3v) is 9.16. The van der Waals surface area contributed by atoms with Crippen LogP contribution in [0, 0.1) is 0 Å². The number of carbonyl (C=O) groups is 1. The first-order chi connectivity index (χ1) is 18.1. The van der Waals surface area contributed by atoms with Crippen LogP contribution in [0.3, 0.4) is 0 Å². The Kier molecular flexibility index (Phi) is 6.60. The highest BCUT2D eigenvalue weighted by Gasteiger charge is 2.34. The Morgan fingerprint density at radius 1 is 0.895 bits per heavy atom. The largest absolute Gasteiger partial charge is 0.465 e. The summed E-state index contributed by atoms with van der Waals surface area (Å²) < 4.78 is 67.3. The number of pyridine rings is 1. The molecule has 1 aliphatic heterocycles. The van der Waals surface area contributed by atoms with Crippen LogP contribution in [0.15, 0.2) is 83.9 Å². The van der Waals surface area contributed by atoms with Gasteiger partial charge in [-0.05, 0) is 65.4 Å². The fraction of sp³-hybridized carbons (Fsp3) is 0.214. The van der Waals surface area contributed by atoms with Crippen molar-refractivity contribution in [3.8, 4) is 22.3 Å². The molecule has 1 aromatic heterocycles. The first kappa shape index (κ1) is 25.7. The molecule has 1 amide bonds. The summed E-state index contributed by atoms with van der Waals surface area (Å²) in [6.45, 7) is 0.327. The van der Waals surface area contributed by atoms with E-state index in [1.807, 2.05) is 12.1 Å². The minimum atomic E-state index is -4.54. The number of hydrogen-bond acceptors (Lipinski definition) is 4. The molecular formula is C28H23F3N2O4S. The highest BCUT2D eigenvalue weighted by atomic mass is 32.2. The van der Waals surface area contributed by atoms with Crippen molar-refractivity contribution in [1.29, 1.82) is 0 Å². The molecule has 3 aromatic carbocycles. The van der Waals surface area contributed by atoms with E-state index in [0.717, 1.165) is 6.07 Å². The molecule has 0 bridgehead atoms. The van der Waals surface area contributed by atoms with Gasteiger partial charge in [0.05, 0.1) is 21.2 Å². The number of benzene rings is 3. The summed E-state index contributed by atoms with van der Waals surface area (Å²) in [5, 5.41) is 8.83. The van der Waals surface area contributed by atoms with Gasteiger partial charge in [-0.25, -0.2) is 13.2 Å². The molecule has 5 rings (SSSR count). The molecule has 196 valence electrons. The molecule has 0 unspecified atom stereocenters. The molecular weight excluding hydrogens is 517 g/mol. The molecule has 1 fully saturated rings. The monoisotopic (exact) mass is 540 g/mol. The number of halogens is 3. The van der Waals surface area contributed by atoms with E-state index >= 15 is 0 Å². The smallest absolute Gasteiger partial charge is 0.418 e. The van der Waals surface area contributed by atoms with E-state index < -0.39 is 32.9 Å². The van der Waals surface area contributed by atoms with Crippen LogP contribution in [0.5, 0.6) is 0 Å². The van der Waals surface area contributed by atoms with E-state index in [2.05, 4.69) is 4.98 Å². The number of sulfone groups is 1. The van der Waals surface area contributed by atoms with E-state index in [0.29, 0.717) is 27.6 Å². The van der Waals surface area contributed by atoms with Gasteiger partial charge in [-0.15, -0.1) is 0 Å². The topological polar surface area (TPSA) is 87.6 Å². The molecule has 0 aliphatic carbocycles. The molecule has 0 spiro atoms. The van der Waals surface area contributed by atoms with Gasteiger partial charge < -0.3 is 10.0 Å². The predicted molar refractivity (Wildman–Crippen MR) is 137 cm³/mol. The molecule has 0 saturated carbocycles. The van der Waals surface area contributed by atoms with Crippen LogP contribution >= 0.6 is 0 Å². The summed E-state index contributed by atoms with van der Waals surface area (Å²) in [5.41, 5.74) is 1.66. The average molecular weight is 541 g/mol. The van der Waals surface area contributed by atoms with Gasteiger partial charge in [-0.3, -0.25) is 4.98 Å². The van der Waals surface area contributed by atoms with Crippen LogP contribution in [0.25, 0.3) is 33.2 Å². The second-order valence-corrected chi connectivity index (χ2v) is 11.4. The van der Waals surface area contributed by atoms with Gasteiger partial charge in [-0.2, -0.15) is 13.2 Å². The lowest BCUT2D eigenvalue weighted by molar-refractivity contribution is -0.136. The Hall–Kier alpha value is -3.92. The van der Waals surface area contributed by atoms with Gasteiger partial charge in [0, 0.05) is 24.7 Å². The van der Waals surface area contributed by atoms with E-state index in [-0.39, 0.29) is 36.3 Å². The van der Waals surface area contributed by atoms with Crippen LogP contribution < -0.4 is 0 Å². The standard InChI is InChI=1S/C28H23F3N2O4S/c29-28(30,31)25-9-3-8-24-23(10-13-32-26(24)25)20-6-1-4-18(16-20)19-5-2-7-22(17-19)38(36,37)21-11-14-33(15-12-21)27(34)35/h1-10,13,16-17,21H,11-12,14-15H2,(H,34,35).